The molecule has 1 aromatic carbocycles. The summed E-state index contributed by atoms with van der Waals surface area (Å²) in [6.07, 6.45) is 1.89. The van der Waals surface area contributed by atoms with E-state index in [-0.39, 0.29) is 34.9 Å². The number of carbonyl (C=O) groups excluding carboxylic acids is 1. The van der Waals surface area contributed by atoms with Gasteiger partial charge in [0.2, 0.25) is 0 Å². The van der Waals surface area contributed by atoms with Gasteiger partial charge in [-0.2, -0.15) is 0 Å². The Morgan fingerprint density at radius 3 is 2.64 bits per heavy atom. The van der Waals surface area contributed by atoms with Crippen LogP contribution in [-0.2, 0) is 17.9 Å². The van der Waals surface area contributed by atoms with Crippen LogP contribution in [-0.4, -0.2) is 20.5 Å². The summed E-state index contributed by atoms with van der Waals surface area (Å²) in [5.74, 6) is -0.855. The summed E-state index contributed by atoms with van der Waals surface area (Å²) in [6, 6.07) is 7.17. The molecule has 8 heteroatoms. The monoisotopic (exact) mass is 383 g/mol. The standard InChI is InChI=1S/C20H18FN3O4/c1-2-24-17-16(18(25)23-20(24)27)14(9-15(22-17)12-5-6-12)19(26)28-10-11-3-7-13(21)8-4-11/h3-4,7-9,12H,2,5-6,10H2,1H3,(H,23,25,27). The first kappa shape index (κ1) is 18.1. The molecule has 3 aromatic rings. The lowest BCUT2D eigenvalue weighted by atomic mass is 10.1. The summed E-state index contributed by atoms with van der Waals surface area (Å²) in [7, 11) is 0. The molecular formula is C20H18FN3O4. The molecule has 1 aliphatic rings. The highest BCUT2D eigenvalue weighted by Gasteiger charge is 2.29. The number of fused-ring (bicyclic) bond motifs is 1. The first-order valence-corrected chi connectivity index (χ1v) is 9.07. The van der Waals surface area contributed by atoms with Gasteiger partial charge in [0.05, 0.1) is 10.9 Å². The number of rotatable bonds is 5. The van der Waals surface area contributed by atoms with E-state index in [0.29, 0.717) is 17.8 Å². The van der Waals surface area contributed by atoms with Gasteiger partial charge in [-0.25, -0.2) is 19.0 Å². The first-order chi connectivity index (χ1) is 13.5. The third kappa shape index (κ3) is 3.33. The molecule has 0 atom stereocenters. The Bertz CT molecular complexity index is 1180. The van der Waals surface area contributed by atoms with E-state index < -0.39 is 17.2 Å². The summed E-state index contributed by atoms with van der Waals surface area (Å²) in [6.45, 7) is 2.00. The van der Waals surface area contributed by atoms with Crippen molar-refractivity contribution in [3.63, 3.8) is 0 Å². The third-order valence-electron chi connectivity index (χ3n) is 4.78. The van der Waals surface area contributed by atoms with Crippen molar-refractivity contribution in [1.29, 1.82) is 0 Å². The number of carbonyl (C=O) groups is 1. The molecule has 1 N–H and O–H groups in total. The molecule has 4 rings (SSSR count). The lowest BCUT2D eigenvalue weighted by Gasteiger charge is -2.12. The lowest BCUT2D eigenvalue weighted by molar-refractivity contribution is 0.0474. The van der Waals surface area contributed by atoms with Crippen LogP contribution in [0, 0.1) is 5.82 Å². The average molecular weight is 383 g/mol. The minimum atomic E-state index is -0.689. The number of aromatic nitrogens is 3. The van der Waals surface area contributed by atoms with Gasteiger partial charge in [-0.1, -0.05) is 12.1 Å². The molecule has 144 valence electrons. The largest absolute Gasteiger partial charge is 0.457 e. The van der Waals surface area contributed by atoms with E-state index in [1.165, 1.54) is 28.8 Å². The normalized spacial score (nSPS) is 13.6. The lowest BCUT2D eigenvalue weighted by Crippen LogP contribution is -2.31. The Morgan fingerprint density at radius 2 is 2.00 bits per heavy atom. The molecule has 0 spiro atoms. The zero-order valence-corrected chi connectivity index (χ0v) is 15.2. The summed E-state index contributed by atoms with van der Waals surface area (Å²) in [4.78, 5) is 44.1. The van der Waals surface area contributed by atoms with E-state index in [1.54, 1.807) is 13.0 Å². The van der Waals surface area contributed by atoms with Gasteiger partial charge < -0.3 is 4.74 Å². The number of H-pyrrole nitrogens is 1. The Labute approximate surface area is 158 Å². The van der Waals surface area contributed by atoms with Crippen molar-refractivity contribution in [3.8, 4) is 0 Å². The molecule has 28 heavy (non-hydrogen) atoms. The van der Waals surface area contributed by atoms with E-state index in [9.17, 15) is 18.8 Å². The number of aryl methyl sites for hydroxylation is 1. The number of benzene rings is 1. The number of esters is 1. The van der Waals surface area contributed by atoms with Crippen molar-refractivity contribution in [2.45, 2.75) is 38.8 Å². The third-order valence-corrected chi connectivity index (χ3v) is 4.78. The number of aromatic amines is 1. The van der Waals surface area contributed by atoms with Crippen molar-refractivity contribution in [2.24, 2.45) is 0 Å². The molecule has 0 saturated heterocycles. The number of hydrogen-bond acceptors (Lipinski definition) is 5. The van der Waals surface area contributed by atoms with Crippen molar-refractivity contribution in [2.75, 3.05) is 0 Å². The van der Waals surface area contributed by atoms with Gasteiger partial charge >= 0.3 is 11.7 Å². The Morgan fingerprint density at radius 1 is 1.29 bits per heavy atom. The molecule has 1 fully saturated rings. The van der Waals surface area contributed by atoms with Crippen molar-refractivity contribution >= 4 is 17.0 Å². The van der Waals surface area contributed by atoms with E-state index in [1.807, 2.05) is 0 Å². The predicted octanol–water partition coefficient (Wildman–Crippen LogP) is 2.48. The van der Waals surface area contributed by atoms with Gasteiger partial charge in [0.25, 0.3) is 5.56 Å². The van der Waals surface area contributed by atoms with Gasteiger partial charge in [-0.3, -0.25) is 14.3 Å². The van der Waals surface area contributed by atoms with E-state index in [4.69, 9.17) is 4.74 Å². The fourth-order valence-corrected chi connectivity index (χ4v) is 3.14. The summed E-state index contributed by atoms with van der Waals surface area (Å²) >= 11 is 0. The van der Waals surface area contributed by atoms with Gasteiger partial charge in [-0.05, 0) is 43.5 Å². The highest BCUT2D eigenvalue weighted by atomic mass is 19.1. The van der Waals surface area contributed by atoms with E-state index in [0.717, 1.165) is 12.8 Å². The number of nitrogens with zero attached hydrogens (tertiary/aromatic N) is 2. The van der Waals surface area contributed by atoms with Crippen LogP contribution in [0.5, 0.6) is 0 Å². The van der Waals surface area contributed by atoms with Crippen LogP contribution in [0.4, 0.5) is 4.39 Å². The molecular weight excluding hydrogens is 365 g/mol. The van der Waals surface area contributed by atoms with Gasteiger partial charge in [0.15, 0.2) is 5.65 Å². The Balaban J connectivity index is 1.78. The van der Waals surface area contributed by atoms with Gasteiger partial charge in [0, 0.05) is 18.2 Å². The summed E-state index contributed by atoms with van der Waals surface area (Å²) < 4.78 is 19.7. The van der Waals surface area contributed by atoms with Crippen LogP contribution in [0.1, 0.15) is 47.3 Å². The Kier molecular flexibility index (Phi) is 4.54. The van der Waals surface area contributed by atoms with E-state index >= 15 is 0 Å². The van der Waals surface area contributed by atoms with Crippen molar-refractivity contribution in [1.82, 2.24) is 14.5 Å². The second kappa shape index (κ2) is 7.03. The summed E-state index contributed by atoms with van der Waals surface area (Å²) in [5.41, 5.74) is 0.328. The smallest absolute Gasteiger partial charge is 0.339 e. The second-order valence-corrected chi connectivity index (χ2v) is 6.77. The van der Waals surface area contributed by atoms with Gasteiger partial charge in [-0.15, -0.1) is 0 Å². The predicted molar refractivity (Wildman–Crippen MR) is 99.8 cm³/mol. The molecule has 0 amide bonds. The number of ether oxygens (including phenoxy) is 1. The van der Waals surface area contributed by atoms with E-state index in [2.05, 4.69) is 9.97 Å². The highest BCUT2D eigenvalue weighted by molar-refractivity contribution is 6.02. The topological polar surface area (TPSA) is 94.1 Å². The van der Waals surface area contributed by atoms with Gasteiger partial charge in [0.1, 0.15) is 12.4 Å². The molecule has 0 aliphatic heterocycles. The minimum absolute atomic E-state index is 0.0370. The zero-order valence-electron chi connectivity index (χ0n) is 15.2. The fraction of sp³-hybridized carbons (Fsp3) is 0.300. The van der Waals surface area contributed by atoms with Crippen LogP contribution in [0.2, 0.25) is 0 Å². The minimum Gasteiger partial charge on any atom is -0.457 e. The maximum absolute atomic E-state index is 13.0. The van der Waals surface area contributed by atoms with Crippen LogP contribution >= 0.6 is 0 Å². The molecule has 0 radical (unpaired) electrons. The Hall–Kier alpha value is -3.29. The summed E-state index contributed by atoms with van der Waals surface area (Å²) in [5, 5.41) is 0.0370. The molecule has 2 aromatic heterocycles. The maximum Gasteiger partial charge on any atom is 0.339 e. The number of pyridine rings is 1. The first-order valence-electron chi connectivity index (χ1n) is 9.07. The van der Waals surface area contributed by atoms with Crippen molar-refractivity contribution < 1.29 is 13.9 Å². The molecule has 0 bridgehead atoms. The molecule has 0 unspecified atom stereocenters. The van der Waals surface area contributed by atoms with Crippen molar-refractivity contribution in [3.05, 3.63) is 73.8 Å². The average Bonchev–Trinajstić information content (AvgIpc) is 3.52. The molecule has 2 heterocycles. The SMILES string of the molecule is CCn1c(=O)[nH]c(=O)c2c(C(=O)OCc3ccc(F)cc3)cc(C3CC3)nc21. The quantitative estimate of drug-likeness (QED) is 0.683. The molecule has 1 aliphatic carbocycles. The van der Waals surface area contributed by atoms with Crippen LogP contribution in [0.15, 0.2) is 39.9 Å². The number of hydrogen-bond donors (Lipinski definition) is 1. The molecule has 7 nitrogen and oxygen atoms in total. The highest BCUT2D eigenvalue weighted by Crippen LogP contribution is 2.40. The fourth-order valence-electron chi connectivity index (χ4n) is 3.14. The molecule has 1 saturated carbocycles. The van der Waals surface area contributed by atoms with Crippen LogP contribution in [0.3, 0.4) is 0 Å². The maximum atomic E-state index is 13.0. The number of halogens is 1. The second-order valence-electron chi connectivity index (χ2n) is 6.77. The van der Waals surface area contributed by atoms with Crippen LogP contribution < -0.4 is 11.2 Å². The zero-order chi connectivity index (χ0) is 19.8. The number of nitrogens with one attached hydrogen (secondary N) is 1. The van der Waals surface area contributed by atoms with Crippen LogP contribution in [0.25, 0.3) is 11.0 Å².